The molecule has 1 aliphatic heterocycles. The molecular formula is C7H13F2NO2. The second-order valence-corrected chi connectivity index (χ2v) is 2.53. The molecule has 72 valence electrons. The first-order valence-electron chi connectivity index (χ1n) is 3.78. The van der Waals surface area contributed by atoms with Gasteiger partial charge in [-0.05, 0) is 0 Å². The summed E-state index contributed by atoms with van der Waals surface area (Å²) >= 11 is 0. The molecule has 1 rings (SSSR count). The van der Waals surface area contributed by atoms with Crippen molar-refractivity contribution >= 4 is 5.97 Å². The Morgan fingerprint density at radius 1 is 1.67 bits per heavy atom. The van der Waals surface area contributed by atoms with Crippen LogP contribution in [0.1, 0.15) is 19.8 Å². The van der Waals surface area contributed by atoms with Gasteiger partial charge in [-0.25, -0.2) is 8.78 Å². The average Bonchev–Trinajstić information content (AvgIpc) is 2.35. The fourth-order valence-electron chi connectivity index (χ4n) is 0.631. The van der Waals surface area contributed by atoms with Crippen LogP contribution in [0.3, 0.4) is 0 Å². The van der Waals surface area contributed by atoms with E-state index in [2.05, 4.69) is 5.32 Å². The summed E-state index contributed by atoms with van der Waals surface area (Å²) in [6.45, 7) is 1.93. The Hall–Kier alpha value is -0.710. The standard InChI is InChI=1S/C4H7F2N.C3H6O2/c5-4(6)1-2-7-3-4;1-2-3(4)5/h7H,1-3H2;2H2,1H3,(H,4,5). The zero-order valence-electron chi connectivity index (χ0n) is 6.94. The smallest absolute Gasteiger partial charge is 0.303 e. The lowest BCUT2D eigenvalue weighted by atomic mass is 10.3. The Kier molecular flexibility index (Phi) is 4.73. The summed E-state index contributed by atoms with van der Waals surface area (Å²) in [5.41, 5.74) is 0. The van der Waals surface area contributed by atoms with Crippen molar-refractivity contribution in [3.63, 3.8) is 0 Å². The molecule has 5 heteroatoms. The van der Waals surface area contributed by atoms with Gasteiger partial charge in [-0.2, -0.15) is 0 Å². The van der Waals surface area contributed by atoms with Crippen molar-refractivity contribution in [1.29, 1.82) is 0 Å². The van der Waals surface area contributed by atoms with Gasteiger partial charge in [0.25, 0.3) is 5.92 Å². The van der Waals surface area contributed by atoms with Crippen LogP contribution < -0.4 is 5.32 Å². The van der Waals surface area contributed by atoms with E-state index in [1.165, 1.54) is 0 Å². The highest BCUT2D eigenvalue weighted by Crippen LogP contribution is 2.19. The quantitative estimate of drug-likeness (QED) is 0.636. The average molecular weight is 181 g/mol. The minimum absolute atomic E-state index is 0.00694. The number of nitrogens with one attached hydrogen (secondary N) is 1. The maximum absolute atomic E-state index is 11.9. The van der Waals surface area contributed by atoms with E-state index in [4.69, 9.17) is 5.11 Å². The highest BCUT2D eigenvalue weighted by Gasteiger charge is 2.32. The predicted molar refractivity (Wildman–Crippen MR) is 40.4 cm³/mol. The number of alkyl halides is 2. The first-order valence-corrected chi connectivity index (χ1v) is 3.78. The molecule has 1 saturated heterocycles. The van der Waals surface area contributed by atoms with Gasteiger partial charge in [0.1, 0.15) is 0 Å². The summed E-state index contributed by atoms with van der Waals surface area (Å²) in [7, 11) is 0. The van der Waals surface area contributed by atoms with Gasteiger partial charge in [-0.15, -0.1) is 0 Å². The van der Waals surface area contributed by atoms with Crippen LogP contribution in [0.25, 0.3) is 0 Å². The SMILES string of the molecule is CCC(=O)O.FC1(F)CCNC1. The Morgan fingerprint density at radius 3 is 2.25 bits per heavy atom. The van der Waals surface area contributed by atoms with E-state index in [0.29, 0.717) is 6.54 Å². The third-order valence-electron chi connectivity index (χ3n) is 1.35. The molecule has 0 radical (unpaired) electrons. The summed E-state index contributed by atoms with van der Waals surface area (Å²) in [6.07, 6.45) is 0.229. The van der Waals surface area contributed by atoms with Crippen LogP contribution in [0.15, 0.2) is 0 Å². The molecule has 0 aromatic heterocycles. The summed E-state index contributed by atoms with van der Waals surface area (Å²) in [5, 5.41) is 10.3. The molecule has 3 nitrogen and oxygen atoms in total. The highest BCUT2D eigenvalue weighted by molar-refractivity contribution is 5.66. The van der Waals surface area contributed by atoms with E-state index in [1.54, 1.807) is 6.92 Å². The van der Waals surface area contributed by atoms with Crippen LogP contribution in [0.5, 0.6) is 0 Å². The molecule has 0 amide bonds. The molecule has 0 spiro atoms. The van der Waals surface area contributed by atoms with Crippen molar-refractivity contribution in [2.45, 2.75) is 25.7 Å². The Morgan fingerprint density at radius 2 is 2.17 bits per heavy atom. The number of halogens is 2. The van der Waals surface area contributed by atoms with E-state index in [-0.39, 0.29) is 19.4 Å². The molecule has 12 heavy (non-hydrogen) atoms. The summed E-state index contributed by atoms with van der Waals surface area (Å²) in [4.78, 5) is 9.37. The number of hydrogen-bond donors (Lipinski definition) is 2. The Balaban J connectivity index is 0.000000217. The molecule has 0 aromatic carbocycles. The molecule has 0 saturated carbocycles. The van der Waals surface area contributed by atoms with E-state index in [1.807, 2.05) is 0 Å². The zero-order valence-corrected chi connectivity index (χ0v) is 6.94. The Labute approximate surface area is 69.8 Å². The second-order valence-electron chi connectivity index (χ2n) is 2.53. The van der Waals surface area contributed by atoms with Gasteiger partial charge in [0.15, 0.2) is 0 Å². The fraction of sp³-hybridized carbons (Fsp3) is 0.857. The predicted octanol–water partition coefficient (Wildman–Crippen LogP) is 1.10. The summed E-state index contributed by atoms with van der Waals surface area (Å²) in [5.74, 6) is -3.16. The second kappa shape index (κ2) is 5.03. The van der Waals surface area contributed by atoms with Crippen molar-refractivity contribution in [3.8, 4) is 0 Å². The largest absolute Gasteiger partial charge is 0.481 e. The molecule has 0 unspecified atom stereocenters. The van der Waals surface area contributed by atoms with Crippen LogP contribution >= 0.6 is 0 Å². The van der Waals surface area contributed by atoms with Crippen molar-refractivity contribution in [2.24, 2.45) is 0 Å². The molecule has 1 aliphatic rings. The number of hydrogen-bond acceptors (Lipinski definition) is 2. The van der Waals surface area contributed by atoms with E-state index in [9.17, 15) is 13.6 Å². The van der Waals surface area contributed by atoms with E-state index >= 15 is 0 Å². The lowest BCUT2D eigenvalue weighted by Gasteiger charge is -2.02. The number of rotatable bonds is 1. The number of carboxylic acid groups (broad SMARTS) is 1. The van der Waals surface area contributed by atoms with Crippen LogP contribution in [0.4, 0.5) is 8.78 Å². The molecule has 2 N–H and O–H groups in total. The van der Waals surface area contributed by atoms with Gasteiger partial charge in [0.2, 0.25) is 0 Å². The highest BCUT2D eigenvalue weighted by atomic mass is 19.3. The van der Waals surface area contributed by atoms with Crippen LogP contribution in [-0.4, -0.2) is 30.1 Å². The first-order chi connectivity index (χ1) is 5.48. The van der Waals surface area contributed by atoms with Gasteiger partial charge in [-0.3, -0.25) is 4.79 Å². The van der Waals surface area contributed by atoms with Crippen molar-refractivity contribution in [3.05, 3.63) is 0 Å². The number of aliphatic carboxylic acids is 1. The molecule has 0 aromatic rings. The van der Waals surface area contributed by atoms with Crippen LogP contribution in [0.2, 0.25) is 0 Å². The minimum Gasteiger partial charge on any atom is -0.481 e. The van der Waals surface area contributed by atoms with Gasteiger partial charge in [0.05, 0.1) is 6.54 Å². The van der Waals surface area contributed by atoms with E-state index < -0.39 is 11.9 Å². The maximum Gasteiger partial charge on any atom is 0.303 e. The normalized spacial score (nSPS) is 19.6. The van der Waals surface area contributed by atoms with Gasteiger partial charge in [0, 0.05) is 19.4 Å². The number of carbonyl (C=O) groups is 1. The zero-order chi connectivity index (χ0) is 9.61. The van der Waals surface area contributed by atoms with Crippen LogP contribution in [-0.2, 0) is 4.79 Å². The third kappa shape index (κ3) is 6.03. The summed E-state index contributed by atoms with van der Waals surface area (Å²) < 4.78 is 23.8. The van der Waals surface area contributed by atoms with Crippen molar-refractivity contribution in [1.82, 2.24) is 5.32 Å². The topological polar surface area (TPSA) is 49.3 Å². The van der Waals surface area contributed by atoms with Gasteiger partial charge < -0.3 is 10.4 Å². The van der Waals surface area contributed by atoms with Crippen molar-refractivity contribution < 1.29 is 18.7 Å². The molecule has 0 aliphatic carbocycles. The first kappa shape index (κ1) is 11.3. The fourth-order valence-corrected chi connectivity index (χ4v) is 0.631. The lowest BCUT2D eigenvalue weighted by molar-refractivity contribution is -0.136. The Bertz CT molecular complexity index is 142. The van der Waals surface area contributed by atoms with Crippen molar-refractivity contribution in [2.75, 3.05) is 13.1 Å². The molecule has 1 fully saturated rings. The van der Waals surface area contributed by atoms with E-state index in [0.717, 1.165) is 0 Å². The summed E-state index contributed by atoms with van der Waals surface area (Å²) in [6, 6.07) is 0. The third-order valence-corrected chi connectivity index (χ3v) is 1.35. The number of carboxylic acids is 1. The van der Waals surface area contributed by atoms with Crippen LogP contribution in [0, 0.1) is 0 Å². The monoisotopic (exact) mass is 181 g/mol. The van der Waals surface area contributed by atoms with Gasteiger partial charge in [-0.1, -0.05) is 6.92 Å². The molecule has 1 heterocycles. The maximum atomic E-state index is 11.9. The molecule has 0 bridgehead atoms. The molecule has 0 atom stereocenters. The van der Waals surface area contributed by atoms with Gasteiger partial charge >= 0.3 is 5.97 Å². The minimum atomic E-state index is -2.42. The lowest BCUT2D eigenvalue weighted by Crippen LogP contribution is -2.18. The molecular weight excluding hydrogens is 168 g/mol.